The molecule has 4 nitrogen and oxygen atoms in total. The summed E-state index contributed by atoms with van der Waals surface area (Å²) in [6.07, 6.45) is 0.336. The van der Waals surface area contributed by atoms with Crippen LogP contribution in [-0.4, -0.2) is 23.8 Å². The van der Waals surface area contributed by atoms with E-state index in [-0.39, 0.29) is 11.9 Å². The minimum absolute atomic E-state index is 0.00523. The summed E-state index contributed by atoms with van der Waals surface area (Å²) in [4.78, 5) is 18.0. The van der Waals surface area contributed by atoms with Gasteiger partial charge in [-0.15, -0.1) is 11.3 Å². The first-order chi connectivity index (χ1) is 9.42. The summed E-state index contributed by atoms with van der Waals surface area (Å²) in [5.41, 5.74) is 6.34. The van der Waals surface area contributed by atoms with Gasteiger partial charge in [-0.2, -0.15) is 0 Å². The Morgan fingerprint density at radius 2 is 2.25 bits per heavy atom. The summed E-state index contributed by atoms with van der Waals surface area (Å²) in [6.45, 7) is 1.97. The van der Waals surface area contributed by atoms with Crippen molar-refractivity contribution >= 4 is 49.2 Å². The van der Waals surface area contributed by atoms with E-state index in [1.165, 1.54) is 9.60 Å². The lowest BCUT2D eigenvalue weighted by Gasteiger charge is -2.33. The molecule has 20 heavy (non-hydrogen) atoms. The molecule has 1 aliphatic heterocycles. The highest BCUT2D eigenvalue weighted by atomic mass is 79.9. The Morgan fingerprint density at radius 1 is 1.50 bits per heavy atom. The predicted octanol–water partition coefficient (Wildman–Crippen LogP) is 3.06. The van der Waals surface area contributed by atoms with E-state index in [9.17, 15) is 4.79 Å². The molecule has 1 aromatic carbocycles. The van der Waals surface area contributed by atoms with Gasteiger partial charge in [-0.1, -0.05) is 12.1 Å². The standard InChI is InChI=1S/C14H14BrN3OS/c1-14(6-11(19)18(2)13(16)17-14)9-7-20-12-8(9)4-3-5-10(12)15/h3-5,7H,6H2,1-2H3,(H2,16,17)/t14-/m0/s1. The molecule has 0 radical (unpaired) electrons. The fourth-order valence-corrected chi connectivity index (χ4v) is 4.25. The maximum atomic E-state index is 12.1. The van der Waals surface area contributed by atoms with Crippen molar-refractivity contribution in [2.24, 2.45) is 10.7 Å². The second-order valence-electron chi connectivity index (χ2n) is 5.14. The number of aliphatic imine (C=N–C) groups is 1. The van der Waals surface area contributed by atoms with E-state index < -0.39 is 5.54 Å². The van der Waals surface area contributed by atoms with E-state index in [0.717, 1.165) is 15.4 Å². The van der Waals surface area contributed by atoms with E-state index in [4.69, 9.17) is 5.73 Å². The lowest BCUT2D eigenvalue weighted by molar-refractivity contribution is -0.128. The third-order valence-electron chi connectivity index (χ3n) is 3.71. The highest BCUT2D eigenvalue weighted by molar-refractivity contribution is 9.10. The van der Waals surface area contributed by atoms with Crippen molar-refractivity contribution in [1.82, 2.24) is 4.90 Å². The lowest BCUT2D eigenvalue weighted by atomic mass is 9.87. The van der Waals surface area contributed by atoms with Gasteiger partial charge in [0.1, 0.15) is 0 Å². The Balaban J connectivity index is 2.20. The van der Waals surface area contributed by atoms with Crippen LogP contribution < -0.4 is 5.73 Å². The molecular weight excluding hydrogens is 338 g/mol. The third-order valence-corrected chi connectivity index (χ3v) is 5.66. The molecule has 3 rings (SSSR count). The molecule has 1 amide bonds. The van der Waals surface area contributed by atoms with Crippen molar-refractivity contribution in [3.05, 3.63) is 33.6 Å². The molecule has 0 unspecified atom stereocenters. The van der Waals surface area contributed by atoms with Crippen LogP contribution in [-0.2, 0) is 10.3 Å². The van der Waals surface area contributed by atoms with Crippen molar-refractivity contribution < 1.29 is 4.79 Å². The fraction of sp³-hybridized carbons (Fsp3) is 0.286. The zero-order chi connectivity index (χ0) is 14.5. The monoisotopic (exact) mass is 351 g/mol. The molecule has 2 N–H and O–H groups in total. The second kappa shape index (κ2) is 4.56. The van der Waals surface area contributed by atoms with Gasteiger partial charge in [-0.25, -0.2) is 4.99 Å². The van der Waals surface area contributed by atoms with E-state index in [1.54, 1.807) is 18.4 Å². The first-order valence-corrected chi connectivity index (χ1v) is 7.88. The average molecular weight is 352 g/mol. The molecule has 2 aromatic rings. The molecule has 0 spiro atoms. The molecule has 104 valence electrons. The van der Waals surface area contributed by atoms with Gasteiger partial charge >= 0.3 is 0 Å². The van der Waals surface area contributed by atoms with Crippen LogP contribution in [0, 0.1) is 0 Å². The van der Waals surface area contributed by atoms with Gasteiger partial charge < -0.3 is 5.73 Å². The highest BCUT2D eigenvalue weighted by Crippen LogP contribution is 2.42. The van der Waals surface area contributed by atoms with Crippen molar-refractivity contribution in [1.29, 1.82) is 0 Å². The van der Waals surface area contributed by atoms with Gasteiger partial charge in [0.15, 0.2) is 5.96 Å². The summed E-state index contributed by atoms with van der Waals surface area (Å²) in [5.74, 6) is 0.271. The minimum Gasteiger partial charge on any atom is -0.369 e. The molecule has 0 fully saturated rings. The van der Waals surface area contributed by atoms with Crippen molar-refractivity contribution in [3.63, 3.8) is 0 Å². The van der Waals surface area contributed by atoms with Crippen LogP contribution in [0.2, 0.25) is 0 Å². The molecule has 0 aliphatic carbocycles. The Kier molecular flexibility index (Phi) is 3.10. The van der Waals surface area contributed by atoms with Gasteiger partial charge in [0.25, 0.3) is 0 Å². The van der Waals surface area contributed by atoms with Crippen LogP contribution in [0.4, 0.5) is 0 Å². The third kappa shape index (κ3) is 1.94. The van der Waals surface area contributed by atoms with Gasteiger partial charge in [0.05, 0.1) is 12.0 Å². The number of hydrogen-bond donors (Lipinski definition) is 1. The summed E-state index contributed by atoms with van der Waals surface area (Å²) >= 11 is 5.21. The van der Waals surface area contributed by atoms with Gasteiger partial charge in [-0.3, -0.25) is 9.69 Å². The number of amides is 1. The summed E-state index contributed by atoms with van der Waals surface area (Å²) in [6, 6.07) is 6.07. The number of rotatable bonds is 1. The Bertz CT molecular complexity index is 739. The van der Waals surface area contributed by atoms with E-state index in [2.05, 4.69) is 32.4 Å². The topological polar surface area (TPSA) is 58.7 Å². The molecule has 1 atom stereocenters. The van der Waals surface area contributed by atoms with E-state index >= 15 is 0 Å². The number of fused-ring (bicyclic) bond motifs is 1. The van der Waals surface area contributed by atoms with Crippen LogP contribution in [0.5, 0.6) is 0 Å². The van der Waals surface area contributed by atoms with Crippen molar-refractivity contribution in [2.75, 3.05) is 7.05 Å². The number of guanidine groups is 1. The van der Waals surface area contributed by atoms with Gasteiger partial charge in [-0.05, 0) is 45.2 Å². The predicted molar refractivity (Wildman–Crippen MR) is 85.9 cm³/mol. The summed E-state index contributed by atoms with van der Waals surface area (Å²) < 4.78 is 2.23. The fourth-order valence-electron chi connectivity index (χ4n) is 2.50. The Hall–Kier alpha value is -1.40. The normalized spacial score (nSPS) is 23.2. The molecule has 0 bridgehead atoms. The number of benzene rings is 1. The quantitative estimate of drug-likeness (QED) is 0.858. The maximum Gasteiger partial charge on any atom is 0.231 e. The Morgan fingerprint density at radius 3 is 2.95 bits per heavy atom. The summed E-state index contributed by atoms with van der Waals surface area (Å²) in [7, 11) is 1.66. The van der Waals surface area contributed by atoms with Crippen LogP contribution in [0.3, 0.4) is 0 Å². The van der Waals surface area contributed by atoms with Crippen LogP contribution >= 0.6 is 27.3 Å². The highest BCUT2D eigenvalue weighted by Gasteiger charge is 2.37. The van der Waals surface area contributed by atoms with Crippen LogP contribution in [0.15, 0.2) is 33.0 Å². The number of hydrogen-bond acceptors (Lipinski definition) is 4. The van der Waals surface area contributed by atoms with Crippen molar-refractivity contribution in [2.45, 2.75) is 18.9 Å². The number of halogens is 1. The smallest absolute Gasteiger partial charge is 0.231 e. The molecule has 0 saturated heterocycles. The zero-order valence-corrected chi connectivity index (χ0v) is 13.6. The zero-order valence-electron chi connectivity index (χ0n) is 11.2. The van der Waals surface area contributed by atoms with Crippen LogP contribution in [0.25, 0.3) is 10.1 Å². The molecule has 1 aromatic heterocycles. The van der Waals surface area contributed by atoms with Gasteiger partial charge in [0, 0.05) is 16.2 Å². The molecule has 0 saturated carbocycles. The SMILES string of the molecule is CN1C(=O)C[C@@](C)(c2csc3c(Br)cccc23)N=C1N. The largest absolute Gasteiger partial charge is 0.369 e. The van der Waals surface area contributed by atoms with Crippen LogP contribution in [0.1, 0.15) is 18.9 Å². The maximum absolute atomic E-state index is 12.1. The first-order valence-electron chi connectivity index (χ1n) is 6.20. The average Bonchev–Trinajstić information content (AvgIpc) is 2.82. The first kappa shape index (κ1) is 13.6. The van der Waals surface area contributed by atoms with E-state index in [0.29, 0.717) is 6.42 Å². The van der Waals surface area contributed by atoms with E-state index in [1.807, 2.05) is 19.1 Å². The number of nitrogens with two attached hydrogens (primary N) is 1. The Labute approximate surface area is 129 Å². The van der Waals surface area contributed by atoms with Crippen molar-refractivity contribution in [3.8, 4) is 0 Å². The second-order valence-corrected chi connectivity index (χ2v) is 6.87. The number of thiophene rings is 1. The molecule has 2 heterocycles. The minimum atomic E-state index is -0.591. The lowest BCUT2D eigenvalue weighted by Crippen LogP contribution is -2.47. The summed E-state index contributed by atoms with van der Waals surface area (Å²) in [5, 5.41) is 3.20. The van der Waals surface area contributed by atoms with Gasteiger partial charge in [0.2, 0.25) is 5.91 Å². The number of carbonyl (C=O) groups excluding carboxylic acids is 1. The number of nitrogens with zero attached hydrogens (tertiary/aromatic N) is 2. The molecule has 6 heteroatoms. The number of carbonyl (C=O) groups is 1. The molecule has 1 aliphatic rings. The molecular formula is C14H14BrN3OS.